The second-order valence-corrected chi connectivity index (χ2v) is 4.37. The molecule has 0 heterocycles. The number of hydrogen-bond donors (Lipinski definition) is 3. The van der Waals surface area contributed by atoms with Crippen LogP contribution < -0.4 is 10.6 Å². The number of carbonyl (C=O) groups is 1. The Balaban J connectivity index is 2.40. The van der Waals surface area contributed by atoms with E-state index in [-0.39, 0.29) is 12.6 Å². The Kier molecular flexibility index (Phi) is 4.97. The summed E-state index contributed by atoms with van der Waals surface area (Å²) < 4.78 is 0. The molecule has 0 saturated heterocycles. The van der Waals surface area contributed by atoms with Crippen LogP contribution in [0, 0.1) is 0 Å². The number of aliphatic hydroxyl groups is 1. The number of amides is 2. The van der Waals surface area contributed by atoms with Crippen LogP contribution in [-0.4, -0.2) is 23.3 Å². The monoisotopic (exact) mass is 236 g/mol. The van der Waals surface area contributed by atoms with Crippen molar-refractivity contribution in [3.8, 4) is 0 Å². The first-order valence-corrected chi connectivity index (χ1v) is 5.80. The van der Waals surface area contributed by atoms with Crippen LogP contribution in [0.15, 0.2) is 30.3 Å². The molecule has 1 unspecified atom stereocenters. The summed E-state index contributed by atoms with van der Waals surface area (Å²) in [7, 11) is 0. The van der Waals surface area contributed by atoms with Crippen LogP contribution in [-0.2, 0) is 6.54 Å². The summed E-state index contributed by atoms with van der Waals surface area (Å²) in [6.07, 6.45) is 0.683. The summed E-state index contributed by atoms with van der Waals surface area (Å²) in [6, 6.07) is 9.44. The average molecular weight is 236 g/mol. The summed E-state index contributed by atoms with van der Waals surface area (Å²) in [4.78, 5) is 11.6. The van der Waals surface area contributed by atoms with Gasteiger partial charge in [-0.15, -0.1) is 0 Å². The molecule has 0 aliphatic heterocycles. The number of hydrogen-bond acceptors (Lipinski definition) is 2. The van der Waals surface area contributed by atoms with Gasteiger partial charge in [-0.3, -0.25) is 0 Å². The molecule has 1 atom stereocenters. The van der Waals surface area contributed by atoms with E-state index in [9.17, 15) is 9.90 Å². The highest BCUT2D eigenvalue weighted by atomic mass is 16.3. The lowest BCUT2D eigenvalue weighted by Gasteiger charge is -2.27. The zero-order chi connectivity index (χ0) is 12.7. The molecule has 0 aliphatic carbocycles. The minimum Gasteiger partial charge on any atom is -0.394 e. The van der Waals surface area contributed by atoms with Crippen molar-refractivity contribution in [3.05, 3.63) is 35.9 Å². The van der Waals surface area contributed by atoms with Crippen molar-refractivity contribution >= 4 is 6.03 Å². The summed E-state index contributed by atoms with van der Waals surface area (Å²) in [5, 5.41) is 14.7. The molecule has 2 amide bonds. The van der Waals surface area contributed by atoms with Gasteiger partial charge in [-0.05, 0) is 18.9 Å². The Morgan fingerprint density at radius 3 is 2.53 bits per heavy atom. The highest BCUT2D eigenvalue weighted by Gasteiger charge is 2.22. The number of urea groups is 1. The first-order valence-electron chi connectivity index (χ1n) is 5.80. The van der Waals surface area contributed by atoms with Crippen LogP contribution in [0.1, 0.15) is 25.8 Å². The van der Waals surface area contributed by atoms with Crippen LogP contribution in [0.2, 0.25) is 0 Å². The van der Waals surface area contributed by atoms with Gasteiger partial charge in [-0.25, -0.2) is 4.79 Å². The molecule has 0 saturated carbocycles. The maximum Gasteiger partial charge on any atom is 0.315 e. The van der Waals surface area contributed by atoms with Crippen LogP contribution in [0.3, 0.4) is 0 Å². The molecule has 0 radical (unpaired) electrons. The van der Waals surface area contributed by atoms with Gasteiger partial charge >= 0.3 is 6.03 Å². The van der Waals surface area contributed by atoms with E-state index < -0.39 is 5.54 Å². The predicted octanol–water partition coefficient (Wildman–Crippen LogP) is 1.65. The first-order chi connectivity index (χ1) is 8.09. The van der Waals surface area contributed by atoms with Gasteiger partial charge in [0.25, 0.3) is 0 Å². The Morgan fingerprint density at radius 2 is 2.00 bits per heavy atom. The van der Waals surface area contributed by atoms with Crippen molar-refractivity contribution in [2.45, 2.75) is 32.4 Å². The van der Waals surface area contributed by atoms with Gasteiger partial charge in [-0.1, -0.05) is 37.3 Å². The molecule has 0 fully saturated rings. The van der Waals surface area contributed by atoms with E-state index in [4.69, 9.17) is 0 Å². The molecule has 1 aromatic carbocycles. The molecule has 3 N–H and O–H groups in total. The van der Waals surface area contributed by atoms with Gasteiger partial charge in [-0.2, -0.15) is 0 Å². The lowest BCUT2D eigenvalue weighted by Crippen LogP contribution is -2.52. The lowest BCUT2D eigenvalue weighted by molar-refractivity contribution is 0.167. The molecule has 1 rings (SSSR count). The van der Waals surface area contributed by atoms with E-state index in [2.05, 4.69) is 10.6 Å². The fourth-order valence-electron chi connectivity index (χ4n) is 1.34. The normalized spacial score (nSPS) is 13.8. The van der Waals surface area contributed by atoms with Crippen molar-refractivity contribution in [1.29, 1.82) is 0 Å². The third kappa shape index (κ3) is 4.44. The number of rotatable bonds is 5. The fourth-order valence-corrected chi connectivity index (χ4v) is 1.34. The van der Waals surface area contributed by atoms with Crippen molar-refractivity contribution in [3.63, 3.8) is 0 Å². The molecule has 94 valence electrons. The summed E-state index contributed by atoms with van der Waals surface area (Å²) in [6.45, 7) is 4.16. The Bertz CT molecular complexity index is 348. The third-order valence-corrected chi connectivity index (χ3v) is 2.84. The molecule has 17 heavy (non-hydrogen) atoms. The van der Waals surface area contributed by atoms with Crippen LogP contribution in [0.4, 0.5) is 4.79 Å². The molecule has 0 spiro atoms. The Labute approximate surface area is 102 Å². The number of aliphatic hydroxyl groups excluding tert-OH is 1. The van der Waals surface area contributed by atoms with E-state index in [0.717, 1.165) is 5.56 Å². The topological polar surface area (TPSA) is 61.4 Å². The van der Waals surface area contributed by atoms with E-state index in [0.29, 0.717) is 13.0 Å². The molecular formula is C13H20N2O2. The highest BCUT2D eigenvalue weighted by molar-refractivity contribution is 5.74. The Morgan fingerprint density at radius 1 is 1.35 bits per heavy atom. The zero-order valence-corrected chi connectivity index (χ0v) is 10.4. The van der Waals surface area contributed by atoms with Crippen LogP contribution in [0.5, 0.6) is 0 Å². The molecule has 1 aromatic rings. The largest absolute Gasteiger partial charge is 0.394 e. The SMILES string of the molecule is CCC(C)(CO)NC(=O)NCc1ccccc1. The molecule has 4 heteroatoms. The minimum atomic E-state index is -0.555. The van der Waals surface area contributed by atoms with Gasteiger partial charge in [0.15, 0.2) is 0 Å². The number of nitrogens with one attached hydrogen (secondary N) is 2. The van der Waals surface area contributed by atoms with Crippen molar-refractivity contribution in [2.24, 2.45) is 0 Å². The quantitative estimate of drug-likeness (QED) is 0.728. The van der Waals surface area contributed by atoms with Gasteiger partial charge < -0.3 is 15.7 Å². The number of carbonyl (C=O) groups excluding carboxylic acids is 1. The highest BCUT2D eigenvalue weighted by Crippen LogP contribution is 2.07. The van der Waals surface area contributed by atoms with Crippen molar-refractivity contribution in [1.82, 2.24) is 10.6 Å². The van der Waals surface area contributed by atoms with E-state index >= 15 is 0 Å². The number of benzene rings is 1. The summed E-state index contributed by atoms with van der Waals surface area (Å²) in [5.41, 5.74) is 0.491. The predicted molar refractivity (Wildman–Crippen MR) is 67.6 cm³/mol. The van der Waals surface area contributed by atoms with Crippen molar-refractivity contribution < 1.29 is 9.90 Å². The Hall–Kier alpha value is -1.55. The maximum atomic E-state index is 11.6. The van der Waals surface area contributed by atoms with Gasteiger partial charge in [0.2, 0.25) is 0 Å². The van der Waals surface area contributed by atoms with Crippen LogP contribution in [0.25, 0.3) is 0 Å². The van der Waals surface area contributed by atoms with Gasteiger partial charge in [0, 0.05) is 6.54 Å². The molecular weight excluding hydrogens is 216 g/mol. The summed E-state index contributed by atoms with van der Waals surface area (Å²) >= 11 is 0. The average Bonchev–Trinajstić information content (AvgIpc) is 2.37. The smallest absolute Gasteiger partial charge is 0.315 e. The zero-order valence-electron chi connectivity index (χ0n) is 10.4. The summed E-state index contributed by atoms with van der Waals surface area (Å²) in [5.74, 6) is 0. The molecule has 0 bridgehead atoms. The van der Waals surface area contributed by atoms with Gasteiger partial charge in [0.05, 0.1) is 12.1 Å². The fraction of sp³-hybridized carbons (Fsp3) is 0.462. The second kappa shape index (κ2) is 6.25. The van der Waals surface area contributed by atoms with Gasteiger partial charge in [0.1, 0.15) is 0 Å². The minimum absolute atomic E-state index is 0.0672. The van der Waals surface area contributed by atoms with Crippen LogP contribution >= 0.6 is 0 Å². The molecule has 4 nitrogen and oxygen atoms in total. The van der Waals surface area contributed by atoms with E-state index in [1.165, 1.54) is 0 Å². The van der Waals surface area contributed by atoms with E-state index in [1.54, 1.807) is 0 Å². The standard InChI is InChI=1S/C13H20N2O2/c1-3-13(2,10-16)15-12(17)14-9-11-7-5-4-6-8-11/h4-8,16H,3,9-10H2,1-2H3,(H2,14,15,17). The molecule has 0 aromatic heterocycles. The van der Waals surface area contributed by atoms with Crippen molar-refractivity contribution in [2.75, 3.05) is 6.61 Å². The first kappa shape index (κ1) is 13.5. The second-order valence-electron chi connectivity index (χ2n) is 4.37. The maximum absolute atomic E-state index is 11.6. The third-order valence-electron chi connectivity index (χ3n) is 2.84. The molecule has 0 aliphatic rings. The van der Waals surface area contributed by atoms with E-state index in [1.807, 2.05) is 44.2 Å². The lowest BCUT2D eigenvalue weighted by atomic mass is 10.0.